The van der Waals surface area contributed by atoms with Gasteiger partial charge in [-0.3, -0.25) is 4.79 Å². The first kappa shape index (κ1) is 23.4. The molecule has 0 aromatic heterocycles. The molecule has 5 rings (SSSR count). The van der Waals surface area contributed by atoms with Crippen LogP contribution in [-0.2, 0) is 4.79 Å². The third kappa shape index (κ3) is 2.78. The third-order valence-electron chi connectivity index (χ3n) is 14.0. The van der Waals surface area contributed by atoms with Crippen LogP contribution in [0, 0.1) is 62.6 Å². The van der Waals surface area contributed by atoms with Crippen molar-refractivity contribution < 1.29 is 4.79 Å². The molecule has 5 saturated carbocycles. The summed E-state index contributed by atoms with van der Waals surface area (Å²) in [6.45, 7) is 20.2. The van der Waals surface area contributed by atoms with Crippen molar-refractivity contribution in [1.82, 2.24) is 0 Å². The van der Waals surface area contributed by atoms with Gasteiger partial charge in [-0.2, -0.15) is 0 Å². The second-order valence-electron chi connectivity index (χ2n) is 15.2. The van der Waals surface area contributed by atoms with Crippen LogP contribution in [0.3, 0.4) is 0 Å². The summed E-state index contributed by atoms with van der Waals surface area (Å²) >= 11 is 0. The Kier molecular flexibility index (Phi) is 5.19. The largest absolute Gasteiger partial charge is 0.300 e. The Morgan fingerprint density at radius 2 is 1.28 bits per heavy atom. The fourth-order valence-corrected chi connectivity index (χ4v) is 12.2. The molecule has 32 heavy (non-hydrogen) atoms. The average Bonchev–Trinajstić information content (AvgIpc) is 3.04. The van der Waals surface area contributed by atoms with E-state index in [1.807, 2.05) is 6.92 Å². The molecule has 0 amide bonds. The van der Waals surface area contributed by atoms with Crippen molar-refractivity contribution >= 4 is 5.78 Å². The van der Waals surface area contributed by atoms with E-state index >= 15 is 0 Å². The smallest absolute Gasteiger partial charge is 0.132 e. The second-order valence-corrected chi connectivity index (χ2v) is 15.2. The first-order valence-electron chi connectivity index (χ1n) is 14.3. The standard InChI is InChI=1S/C31H52O/c1-20(21(2)32)22-12-17-28(5)23(22)13-18-30(7)25(28)10-11-26-29(6)16-9-15-27(3,4)24(29)14-19-31(26,30)8/h20,22-26H,9-19H2,1-8H3/t20-,22+,23-,24-,25+,26+,28-,29-,30+,31+/m0/s1. The lowest BCUT2D eigenvalue weighted by atomic mass is 9.32. The SMILES string of the molecule is CC(=O)[C@H](C)[C@H]1CC[C@]2(C)[C@H]3CC[C@@H]4[C@@]5(C)CCCC(C)(C)[C@@H]5CC[C@@]4(C)[C@]3(C)CC[C@@H]12. The van der Waals surface area contributed by atoms with Crippen molar-refractivity contribution in [3.63, 3.8) is 0 Å². The number of rotatable bonds is 2. The maximum absolute atomic E-state index is 12.3. The van der Waals surface area contributed by atoms with Crippen LogP contribution in [0.4, 0.5) is 0 Å². The highest BCUT2D eigenvalue weighted by atomic mass is 16.1. The fourth-order valence-electron chi connectivity index (χ4n) is 12.2. The first-order chi connectivity index (χ1) is 14.8. The summed E-state index contributed by atoms with van der Waals surface area (Å²) < 4.78 is 0. The Bertz CT molecular complexity index is 781. The molecule has 0 aromatic rings. The molecule has 0 aliphatic heterocycles. The van der Waals surface area contributed by atoms with E-state index in [1.54, 1.807) is 0 Å². The number of carbonyl (C=O) groups is 1. The number of carbonyl (C=O) groups excluding carboxylic acids is 1. The maximum atomic E-state index is 12.3. The van der Waals surface area contributed by atoms with Gasteiger partial charge in [0.05, 0.1) is 0 Å². The summed E-state index contributed by atoms with van der Waals surface area (Å²) in [4.78, 5) is 12.3. The minimum atomic E-state index is 0.261. The molecule has 0 bridgehead atoms. The van der Waals surface area contributed by atoms with Crippen molar-refractivity contribution in [3.8, 4) is 0 Å². The van der Waals surface area contributed by atoms with Crippen LogP contribution in [-0.4, -0.2) is 5.78 Å². The minimum absolute atomic E-state index is 0.261. The Morgan fingerprint density at radius 3 is 1.91 bits per heavy atom. The van der Waals surface area contributed by atoms with Gasteiger partial charge in [-0.1, -0.05) is 54.9 Å². The predicted molar refractivity (Wildman–Crippen MR) is 134 cm³/mol. The summed E-state index contributed by atoms with van der Waals surface area (Å²) in [6, 6.07) is 0. The number of fused-ring (bicyclic) bond motifs is 7. The highest BCUT2D eigenvalue weighted by Gasteiger charge is 2.70. The quantitative estimate of drug-likeness (QED) is 0.419. The van der Waals surface area contributed by atoms with Gasteiger partial charge in [0.1, 0.15) is 5.78 Å². The molecule has 10 atom stereocenters. The molecule has 1 heteroatoms. The zero-order valence-electron chi connectivity index (χ0n) is 22.7. The first-order valence-corrected chi connectivity index (χ1v) is 14.3. The number of hydrogen-bond donors (Lipinski definition) is 0. The molecule has 182 valence electrons. The van der Waals surface area contributed by atoms with Crippen LogP contribution in [0.5, 0.6) is 0 Å². The van der Waals surface area contributed by atoms with Gasteiger partial charge in [-0.05, 0) is 128 Å². The molecule has 0 saturated heterocycles. The Balaban J connectivity index is 1.50. The average molecular weight is 441 g/mol. The lowest BCUT2D eigenvalue weighted by Crippen LogP contribution is -2.65. The lowest BCUT2D eigenvalue weighted by Gasteiger charge is -2.73. The molecule has 0 unspecified atom stereocenters. The van der Waals surface area contributed by atoms with Gasteiger partial charge in [-0.15, -0.1) is 0 Å². The van der Waals surface area contributed by atoms with Crippen molar-refractivity contribution in [2.75, 3.05) is 0 Å². The summed E-state index contributed by atoms with van der Waals surface area (Å²) in [7, 11) is 0. The van der Waals surface area contributed by atoms with Crippen LogP contribution in [0.15, 0.2) is 0 Å². The Labute approximate surface area is 199 Å². The van der Waals surface area contributed by atoms with E-state index in [-0.39, 0.29) is 5.92 Å². The highest BCUT2D eigenvalue weighted by Crippen LogP contribution is 2.78. The monoisotopic (exact) mass is 440 g/mol. The van der Waals surface area contributed by atoms with Gasteiger partial charge in [0.2, 0.25) is 0 Å². The Morgan fingerprint density at radius 1 is 0.688 bits per heavy atom. The maximum Gasteiger partial charge on any atom is 0.132 e. The van der Waals surface area contributed by atoms with E-state index in [4.69, 9.17) is 0 Å². The number of Topliss-reactive ketones (excluding diaryl/α,β-unsaturated/α-hetero) is 1. The normalized spacial score (nSPS) is 55.2. The molecular weight excluding hydrogens is 388 g/mol. The zero-order valence-corrected chi connectivity index (χ0v) is 22.7. The number of hydrogen-bond acceptors (Lipinski definition) is 1. The van der Waals surface area contributed by atoms with Gasteiger partial charge in [0, 0.05) is 5.92 Å². The molecule has 0 radical (unpaired) electrons. The van der Waals surface area contributed by atoms with Gasteiger partial charge in [0.15, 0.2) is 0 Å². The van der Waals surface area contributed by atoms with Crippen molar-refractivity contribution in [2.45, 2.75) is 126 Å². The molecule has 0 spiro atoms. The lowest BCUT2D eigenvalue weighted by molar-refractivity contribution is -0.241. The summed E-state index contributed by atoms with van der Waals surface area (Å²) in [5.74, 6) is 4.78. The van der Waals surface area contributed by atoms with Gasteiger partial charge >= 0.3 is 0 Å². The van der Waals surface area contributed by atoms with E-state index in [9.17, 15) is 4.79 Å². The van der Waals surface area contributed by atoms with Crippen LogP contribution in [0.2, 0.25) is 0 Å². The van der Waals surface area contributed by atoms with E-state index in [2.05, 4.69) is 48.5 Å². The van der Waals surface area contributed by atoms with E-state index < -0.39 is 0 Å². The van der Waals surface area contributed by atoms with Crippen molar-refractivity contribution in [1.29, 1.82) is 0 Å². The molecule has 0 N–H and O–H groups in total. The summed E-state index contributed by atoms with van der Waals surface area (Å²) in [5.41, 5.74) is 2.50. The topological polar surface area (TPSA) is 17.1 Å². The zero-order chi connectivity index (χ0) is 23.3. The molecule has 0 heterocycles. The van der Waals surface area contributed by atoms with Gasteiger partial charge < -0.3 is 0 Å². The molecule has 5 aliphatic rings. The predicted octanol–water partition coefficient (Wildman–Crippen LogP) is 8.70. The van der Waals surface area contributed by atoms with E-state index in [1.165, 1.54) is 70.6 Å². The summed E-state index contributed by atoms with van der Waals surface area (Å²) in [6.07, 6.45) is 15.6. The third-order valence-corrected chi connectivity index (χ3v) is 14.0. The molecule has 0 aromatic carbocycles. The van der Waals surface area contributed by atoms with Crippen LogP contribution < -0.4 is 0 Å². The van der Waals surface area contributed by atoms with Crippen LogP contribution in [0.1, 0.15) is 126 Å². The molecule has 5 aliphatic carbocycles. The van der Waals surface area contributed by atoms with Crippen LogP contribution >= 0.6 is 0 Å². The second kappa shape index (κ2) is 7.10. The summed E-state index contributed by atoms with van der Waals surface area (Å²) in [5, 5.41) is 0. The molecule has 1 nitrogen and oxygen atoms in total. The highest BCUT2D eigenvalue weighted by molar-refractivity contribution is 5.78. The van der Waals surface area contributed by atoms with Crippen molar-refractivity contribution in [2.24, 2.45) is 62.6 Å². The fraction of sp³-hybridized carbons (Fsp3) is 0.968. The molecule has 5 fully saturated rings. The van der Waals surface area contributed by atoms with E-state index in [0.29, 0.717) is 38.8 Å². The van der Waals surface area contributed by atoms with Gasteiger partial charge in [-0.25, -0.2) is 0 Å². The minimum Gasteiger partial charge on any atom is -0.300 e. The van der Waals surface area contributed by atoms with E-state index in [0.717, 1.165) is 23.7 Å². The molecular formula is C31H52O. The Hall–Kier alpha value is -0.330. The number of ketones is 1. The van der Waals surface area contributed by atoms with Gasteiger partial charge in [0.25, 0.3) is 0 Å². The van der Waals surface area contributed by atoms with Crippen LogP contribution in [0.25, 0.3) is 0 Å². The van der Waals surface area contributed by atoms with Crippen molar-refractivity contribution in [3.05, 3.63) is 0 Å².